The first-order valence-electron chi connectivity index (χ1n) is 14.8. The van der Waals surface area contributed by atoms with E-state index in [9.17, 15) is 18.7 Å². The van der Waals surface area contributed by atoms with Gasteiger partial charge in [0, 0.05) is 70.0 Å². The summed E-state index contributed by atoms with van der Waals surface area (Å²) >= 11 is 0. The zero-order valence-electron chi connectivity index (χ0n) is 24.6. The molecule has 0 unspecified atom stereocenters. The lowest BCUT2D eigenvalue weighted by Gasteiger charge is -2.31. The topological polar surface area (TPSA) is 116 Å². The molecule has 1 aliphatic carbocycles. The quantitative estimate of drug-likeness (QED) is 0.330. The first-order valence-corrected chi connectivity index (χ1v) is 16.7. The average Bonchev–Trinajstić information content (AvgIpc) is 3.32. The van der Waals surface area contributed by atoms with Crippen LogP contribution >= 0.6 is 0 Å². The third-order valence-corrected chi connectivity index (χ3v) is 10.6. The van der Waals surface area contributed by atoms with E-state index in [0.717, 1.165) is 53.9 Å². The van der Waals surface area contributed by atoms with Gasteiger partial charge < -0.3 is 4.90 Å². The molecule has 0 bridgehead atoms. The van der Waals surface area contributed by atoms with Crippen LogP contribution in [0.15, 0.2) is 42.6 Å². The summed E-state index contributed by atoms with van der Waals surface area (Å²) in [6.07, 6.45) is 5.23. The van der Waals surface area contributed by atoms with Gasteiger partial charge in [-0.05, 0) is 55.5 Å². The molecule has 2 aliphatic rings. The van der Waals surface area contributed by atoms with Crippen molar-refractivity contribution in [3.05, 3.63) is 59.8 Å². The fourth-order valence-corrected chi connectivity index (χ4v) is 7.58. The van der Waals surface area contributed by atoms with Gasteiger partial charge in [0.2, 0.25) is 0 Å². The molecule has 1 aromatic carbocycles. The summed E-state index contributed by atoms with van der Waals surface area (Å²) in [5.74, 6) is -0.159. The Morgan fingerprint density at radius 2 is 1.86 bits per heavy atom. The number of pyridine rings is 1. The number of carbonyl (C=O) groups is 1. The van der Waals surface area contributed by atoms with Gasteiger partial charge in [0.25, 0.3) is 0 Å². The Kier molecular flexibility index (Phi) is 8.78. The lowest BCUT2D eigenvalue weighted by molar-refractivity contribution is -0.125. The number of nitrogens with zero attached hydrogens (tertiary/aromatic N) is 5. The highest BCUT2D eigenvalue weighted by Crippen LogP contribution is 2.44. The first kappa shape index (κ1) is 29.9. The maximum Gasteiger partial charge on any atom is 0.189 e. The molecule has 42 heavy (non-hydrogen) atoms. The van der Waals surface area contributed by atoms with Crippen LogP contribution in [0.2, 0.25) is 0 Å². The van der Waals surface area contributed by atoms with E-state index >= 15 is 0 Å². The van der Waals surface area contributed by atoms with Crippen molar-refractivity contribution in [3.63, 3.8) is 0 Å². The molecule has 222 valence electrons. The van der Waals surface area contributed by atoms with E-state index in [2.05, 4.69) is 16.0 Å². The number of hydrogen-bond acceptors (Lipinski definition) is 7. The largest absolute Gasteiger partial charge is 0.370 e. The molecule has 3 aromatic rings. The molecule has 1 aliphatic heterocycles. The lowest BCUT2D eigenvalue weighted by Crippen LogP contribution is -2.39. The molecule has 10 heteroatoms. The predicted molar refractivity (Wildman–Crippen MR) is 163 cm³/mol. The molecule has 0 radical (unpaired) electrons. The number of aromatic nitrogens is 3. The average molecular weight is 591 g/mol. The minimum atomic E-state index is -2.49. The standard InChI is InChI=1S/C32H39FN6O2S/c1-21(2)24(20-34)19-29(40)26-7-4-5-8-27(26)31-30(22(3)39(37-31)32-28(33)9-6-14-36-32)23-10-12-25(13-11-23)38-15-17-42(35,41)18-16-38/h6,9-14,21,24,26-27,35H,4-5,7-8,15-19H2,1-3H3/t24-,26-,27-/m1/s1. The lowest BCUT2D eigenvalue weighted by atomic mass is 9.72. The van der Waals surface area contributed by atoms with Crippen molar-refractivity contribution in [1.29, 1.82) is 10.0 Å². The molecule has 3 atom stereocenters. The number of Topliss-reactive ketones (excluding diaryl/α,β-unsaturated/α-hetero) is 1. The number of anilines is 1. The van der Waals surface area contributed by atoms with E-state index in [0.29, 0.717) is 24.6 Å². The number of rotatable bonds is 8. The highest BCUT2D eigenvalue weighted by Gasteiger charge is 2.37. The highest BCUT2D eigenvalue weighted by molar-refractivity contribution is 7.92. The molecule has 0 spiro atoms. The third kappa shape index (κ3) is 6.12. The van der Waals surface area contributed by atoms with Gasteiger partial charge in [-0.3, -0.25) is 9.57 Å². The molecule has 2 fully saturated rings. The van der Waals surface area contributed by atoms with Gasteiger partial charge in [0.1, 0.15) is 5.78 Å². The summed E-state index contributed by atoms with van der Waals surface area (Å²) in [7, 11) is -2.49. The van der Waals surface area contributed by atoms with E-state index < -0.39 is 15.5 Å². The second-order valence-corrected chi connectivity index (χ2v) is 14.4. The molecule has 3 heterocycles. The van der Waals surface area contributed by atoms with Crippen LogP contribution in [0.5, 0.6) is 0 Å². The number of ketones is 1. The Hall–Kier alpha value is -3.58. The summed E-state index contributed by atoms with van der Waals surface area (Å²) in [6, 6.07) is 13.3. The van der Waals surface area contributed by atoms with Crippen LogP contribution in [-0.4, -0.2) is 49.4 Å². The summed E-state index contributed by atoms with van der Waals surface area (Å²) in [5.41, 5.74) is 4.32. The Balaban J connectivity index is 1.55. The van der Waals surface area contributed by atoms with Gasteiger partial charge in [0.05, 0.1) is 23.4 Å². The molecule has 5 rings (SSSR count). The number of hydrogen-bond donors (Lipinski definition) is 1. The summed E-state index contributed by atoms with van der Waals surface area (Å²) < 4.78 is 36.6. The number of benzene rings is 1. The number of halogens is 1. The normalized spacial score (nSPS) is 21.2. The van der Waals surface area contributed by atoms with Crippen molar-refractivity contribution in [1.82, 2.24) is 14.8 Å². The fraction of sp³-hybridized carbons (Fsp3) is 0.500. The van der Waals surface area contributed by atoms with Gasteiger partial charge in [-0.2, -0.15) is 10.4 Å². The van der Waals surface area contributed by atoms with E-state index in [1.54, 1.807) is 16.9 Å². The summed E-state index contributed by atoms with van der Waals surface area (Å²) in [4.78, 5) is 20.1. The molecular formula is C32H39FN6O2S. The second kappa shape index (κ2) is 12.3. The minimum absolute atomic E-state index is 0.0936. The SMILES string of the molecule is Cc1c(-c2ccc(N3CCS(=N)(=O)CC3)cc2)c([C@@H]2CCCC[C@H]2C(=O)C[C@H](C#N)C(C)C)nn1-c1ncccc1F. The van der Waals surface area contributed by atoms with Crippen molar-refractivity contribution >= 4 is 21.2 Å². The van der Waals surface area contributed by atoms with Gasteiger partial charge in [0.15, 0.2) is 11.6 Å². The molecule has 8 nitrogen and oxygen atoms in total. The smallest absolute Gasteiger partial charge is 0.189 e. The molecule has 0 amide bonds. The molecule has 1 saturated carbocycles. The van der Waals surface area contributed by atoms with Crippen LogP contribution in [-0.2, 0) is 14.5 Å². The Bertz CT molecular complexity index is 1580. The predicted octanol–water partition coefficient (Wildman–Crippen LogP) is 6.28. The van der Waals surface area contributed by atoms with Gasteiger partial charge >= 0.3 is 0 Å². The van der Waals surface area contributed by atoms with Crippen LogP contribution in [0.3, 0.4) is 0 Å². The van der Waals surface area contributed by atoms with E-state index in [-0.39, 0.29) is 41.7 Å². The molecule has 2 aromatic heterocycles. The van der Waals surface area contributed by atoms with Gasteiger partial charge in [-0.25, -0.2) is 18.3 Å². The van der Waals surface area contributed by atoms with Gasteiger partial charge in [-0.1, -0.05) is 38.8 Å². The van der Waals surface area contributed by atoms with E-state index in [1.165, 1.54) is 6.07 Å². The van der Waals surface area contributed by atoms with Crippen molar-refractivity contribution in [2.45, 2.75) is 58.8 Å². The first-order chi connectivity index (χ1) is 20.1. The maximum absolute atomic E-state index is 15.0. The maximum atomic E-state index is 15.0. The summed E-state index contributed by atoms with van der Waals surface area (Å²) in [6.45, 7) is 7.02. The van der Waals surface area contributed by atoms with Crippen molar-refractivity contribution in [2.75, 3.05) is 29.5 Å². The fourth-order valence-electron chi connectivity index (χ4n) is 6.35. The zero-order valence-corrected chi connectivity index (χ0v) is 25.4. The van der Waals surface area contributed by atoms with Crippen molar-refractivity contribution in [3.8, 4) is 23.0 Å². The second-order valence-electron chi connectivity index (χ2n) is 12.0. The molecule has 1 N–H and O–H groups in total. The Morgan fingerprint density at radius 3 is 2.50 bits per heavy atom. The van der Waals surface area contributed by atoms with Crippen LogP contribution in [0.25, 0.3) is 16.9 Å². The Labute approximate surface area is 247 Å². The monoisotopic (exact) mass is 590 g/mol. The zero-order chi connectivity index (χ0) is 30.0. The number of nitrogens with one attached hydrogen (secondary N) is 1. The van der Waals surface area contributed by atoms with E-state index in [4.69, 9.17) is 9.88 Å². The van der Waals surface area contributed by atoms with Crippen LogP contribution in [0.4, 0.5) is 10.1 Å². The highest BCUT2D eigenvalue weighted by atomic mass is 32.2. The minimum Gasteiger partial charge on any atom is -0.370 e. The van der Waals surface area contributed by atoms with Crippen LogP contribution < -0.4 is 4.90 Å². The van der Waals surface area contributed by atoms with Crippen molar-refractivity contribution in [2.24, 2.45) is 17.8 Å². The summed E-state index contributed by atoms with van der Waals surface area (Å²) in [5, 5.41) is 14.6. The van der Waals surface area contributed by atoms with Gasteiger partial charge in [-0.15, -0.1) is 0 Å². The van der Waals surface area contributed by atoms with Crippen LogP contribution in [0.1, 0.15) is 63.3 Å². The number of nitriles is 1. The molecule has 1 saturated heterocycles. The third-order valence-electron chi connectivity index (χ3n) is 8.91. The number of carbonyl (C=O) groups excluding carboxylic acids is 1. The van der Waals surface area contributed by atoms with Crippen LogP contribution in [0, 0.1) is 46.6 Å². The Morgan fingerprint density at radius 1 is 1.17 bits per heavy atom. The van der Waals surface area contributed by atoms with Crippen molar-refractivity contribution < 1.29 is 13.4 Å². The molecular weight excluding hydrogens is 551 g/mol. The van der Waals surface area contributed by atoms with E-state index in [1.807, 2.05) is 45.0 Å².